The number of aromatic hydroxyl groups is 1. The van der Waals surface area contributed by atoms with Gasteiger partial charge in [-0.3, -0.25) is 24.1 Å². The molecule has 0 bridgehead atoms. The Bertz CT molecular complexity index is 1530. The number of phenolic OH excluding ortho intramolecular Hbond substituents is 1. The molecule has 6 rings (SSSR count). The number of anilines is 1. The van der Waals surface area contributed by atoms with Crippen LogP contribution in [0.2, 0.25) is 0 Å². The second-order valence-corrected chi connectivity index (χ2v) is 11.7. The molecule has 1 fully saturated rings. The minimum Gasteiger partial charge on any atom is -0.505 e. The molecule has 2 aromatic rings. The molecule has 4 unspecified atom stereocenters. The molecule has 3 aliphatic carbocycles. The Morgan fingerprint density at radius 3 is 2.46 bits per heavy atom. The number of Topliss-reactive ketones (excluding diaryl/α,β-unsaturated/α-hetero) is 1. The number of halogens is 3. The highest BCUT2D eigenvalue weighted by Crippen LogP contribution is 2.56. The Labute approximate surface area is 233 Å². The molecule has 0 spiro atoms. The van der Waals surface area contributed by atoms with Crippen LogP contribution in [0.5, 0.6) is 5.75 Å². The van der Waals surface area contributed by atoms with E-state index in [0.717, 1.165) is 9.64 Å². The van der Waals surface area contributed by atoms with Crippen LogP contribution in [0.3, 0.4) is 0 Å². The molecule has 1 saturated heterocycles. The smallest absolute Gasteiger partial charge is 0.238 e. The van der Waals surface area contributed by atoms with E-state index in [1.165, 1.54) is 23.1 Å². The standard InChI is InChI=1S/C28H18BrFINO5/c29-19-11-21(33)24-18(25(19)34)10-17-14(22(24)15-2-1-3-20(30)26(15)35)8-9-16-23(17)28(37)32(27(16)36)13-6-4-12(31)5-7-13/h1-8,11,16-17,22-23,35H,9-10H2. The van der Waals surface area contributed by atoms with Crippen LogP contribution < -0.4 is 4.90 Å². The van der Waals surface area contributed by atoms with Gasteiger partial charge in [0.25, 0.3) is 0 Å². The van der Waals surface area contributed by atoms with E-state index in [0.29, 0.717) is 11.3 Å². The number of hydrogen-bond donors (Lipinski definition) is 1. The van der Waals surface area contributed by atoms with Gasteiger partial charge in [0.05, 0.1) is 22.0 Å². The van der Waals surface area contributed by atoms with Crippen LogP contribution in [-0.2, 0) is 19.2 Å². The molecule has 0 radical (unpaired) electrons. The van der Waals surface area contributed by atoms with Crippen LogP contribution in [-0.4, -0.2) is 28.5 Å². The summed E-state index contributed by atoms with van der Waals surface area (Å²) in [6, 6.07) is 11.2. The van der Waals surface area contributed by atoms with Crippen LogP contribution in [0, 0.1) is 27.1 Å². The number of imide groups is 1. The summed E-state index contributed by atoms with van der Waals surface area (Å²) >= 11 is 5.32. The molecule has 2 aromatic carbocycles. The molecule has 0 aromatic heterocycles. The van der Waals surface area contributed by atoms with Crippen molar-refractivity contribution >= 4 is 67.6 Å². The Balaban J connectivity index is 1.50. The minimum absolute atomic E-state index is 0.0992. The third-order valence-corrected chi connectivity index (χ3v) is 9.05. The summed E-state index contributed by atoms with van der Waals surface area (Å²) in [5, 5.41) is 10.7. The zero-order valence-corrected chi connectivity index (χ0v) is 22.8. The van der Waals surface area contributed by atoms with E-state index in [-0.39, 0.29) is 51.6 Å². The monoisotopic (exact) mass is 673 g/mol. The SMILES string of the molecule is O=C1C=C(Br)C(=O)C2=C1C(c1cccc(F)c1O)C1=CCC3C(=O)N(c4ccc(I)cc4)C(=O)C3C1C2. The Morgan fingerprint density at radius 1 is 1.00 bits per heavy atom. The number of phenols is 1. The average Bonchev–Trinajstić information content (AvgIpc) is 3.13. The van der Waals surface area contributed by atoms with Gasteiger partial charge in [0, 0.05) is 32.3 Å². The average molecular weight is 674 g/mol. The molecule has 1 heterocycles. The van der Waals surface area contributed by atoms with Crippen LogP contribution in [0.4, 0.5) is 10.1 Å². The summed E-state index contributed by atoms with van der Waals surface area (Å²) in [4.78, 5) is 54.9. The fourth-order valence-corrected chi connectivity index (χ4v) is 6.98. The van der Waals surface area contributed by atoms with E-state index in [2.05, 4.69) is 38.5 Å². The second kappa shape index (κ2) is 8.83. The van der Waals surface area contributed by atoms with Crippen molar-refractivity contribution in [3.63, 3.8) is 0 Å². The topological polar surface area (TPSA) is 91.8 Å². The lowest BCUT2D eigenvalue weighted by atomic mass is 9.59. The summed E-state index contributed by atoms with van der Waals surface area (Å²) in [7, 11) is 0. The molecule has 1 aliphatic heterocycles. The number of carbonyl (C=O) groups is 4. The van der Waals surface area contributed by atoms with Crippen LogP contribution in [0.1, 0.15) is 24.3 Å². The molecule has 4 atom stereocenters. The van der Waals surface area contributed by atoms with Crippen molar-refractivity contribution in [2.24, 2.45) is 17.8 Å². The van der Waals surface area contributed by atoms with Gasteiger partial charge in [-0.1, -0.05) is 23.8 Å². The van der Waals surface area contributed by atoms with Gasteiger partial charge in [0.2, 0.25) is 11.8 Å². The fraction of sp³-hybridized carbons (Fsp3) is 0.214. The number of ketones is 2. The lowest BCUT2D eigenvalue weighted by molar-refractivity contribution is -0.123. The van der Waals surface area contributed by atoms with Gasteiger partial charge >= 0.3 is 0 Å². The lowest BCUT2D eigenvalue weighted by Gasteiger charge is -2.42. The molecule has 186 valence electrons. The predicted molar refractivity (Wildman–Crippen MR) is 144 cm³/mol. The van der Waals surface area contributed by atoms with E-state index in [1.807, 2.05) is 18.2 Å². The summed E-state index contributed by atoms with van der Waals surface area (Å²) in [5.74, 6) is -5.74. The first kappa shape index (κ1) is 24.4. The molecular formula is C28H18BrFINO5. The van der Waals surface area contributed by atoms with E-state index in [1.54, 1.807) is 12.1 Å². The summed E-state index contributed by atoms with van der Waals surface area (Å²) in [5.41, 5.74) is 1.70. The first-order valence-corrected chi connectivity index (χ1v) is 13.6. The van der Waals surface area contributed by atoms with Gasteiger partial charge in [0.15, 0.2) is 23.1 Å². The fourth-order valence-electron chi connectivity index (χ4n) is 6.17. The van der Waals surface area contributed by atoms with Crippen molar-refractivity contribution in [3.8, 4) is 5.75 Å². The number of carbonyl (C=O) groups excluding carboxylic acids is 4. The van der Waals surface area contributed by atoms with Gasteiger partial charge in [0.1, 0.15) is 0 Å². The minimum atomic E-state index is -0.908. The zero-order valence-electron chi connectivity index (χ0n) is 19.1. The molecule has 6 nitrogen and oxygen atoms in total. The maximum absolute atomic E-state index is 14.5. The molecule has 0 saturated carbocycles. The number of nitrogens with zero attached hydrogens (tertiary/aromatic N) is 1. The number of allylic oxidation sites excluding steroid dienone is 6. The van der Waals surface area contributed by atoms with Gasteiger partial charge in [-0.25, -0.2) is 4.39 Å². The van der Waals surface area contributed by atoms with Crippen molar-refractivity contribution in [2.75, 3.05) is 4.90 Å². The highest BCUT2D eigenvalue weighted by molar-refractivity contribution is 14.1. The quantitative estimate of drug-likeness (QED) is 0.207. The lowest BCUT2D eigenvalue weighted by Crippen LogP contribution is -2.39. The predicted octanol–water partition coefficient (Wildman–Crippen LogP) is 5.10. The third kappa shape index (κ3) is 3.61. The van der Waals surface area contributed by atoms with E-state index in [9.17, 15) is 28.7 Å². The van der Waals surface area contributed by atoms with E-state index < -0.39 is 41.0 Å². The number of amides is 2. The van der Waals surface area contributed by atoms with Gasteiger partial charge < -0.3 is 5.11 Å². The highest BCUT2D eigenvalue weighted by atomic mass is 127. The van der Waals surface area contributed by atoms with Crippen LogP contribution >= 0.6 is 38.5 Å². The first-order valence-electron chi connectivity index (χ1n) is 11.7. The van der Waals surface area contributed by atoms with Gasteiger partial charge in [-0.05, 0) is 87.6 Å². The summed E-state index contributed by atoms with van der Waals surface area (Å²) in [6.45, 7) is 0. The molecule has 2 amide bonds. The van der Waals surface area contributed by atoms with E-state index >= 15 is 0 Å². The zero-order chi connectivity index (χ0) is 26.2. The maximum Gasteiger partial charge on any atom is 0.238 e. The second-order valence-electron chi connectivity index (χ2n) is 9.56. The van der Waals surface area contributed by atoms with Crippen molar-refractivity contribution in [1.29, 1.82) is 0 Å². The van der Waals surface area contributed by atoms with Gasteiger partial charge in [-0.2, -0.15) is 0 Å². The number of fused-ring (bicyclic) bond motifs is 3. The largest absolute Gasteiger partial charge is 0.505 e. The van der Waals surface area contributed by atoms with Gasteiger partial charge in [-0.15, -0.1) is 0 Å². The highest BCUT2D eigenvalue weighted by Gasteiger charge is 2.56. The van der Waals surface area contributed by atoms with Crippen molar-refractivity contribution in [3.05, 3.63) is 90.8 Å². The van der Waals surface area contributed by atoms with Crippen molar-refractivity contribution in [2.45, 2.75) is 18.8 Å². The Kier molecular flexibility index (Phi) is 5.83. The normalized spacial score (nSPS) is 27.1. The van der Waals surface area contributed by atoms with Crippen LogP contribution in [0.15, 0.2) is 75.8 Å². The third-order valence-electron chi connectivity index (χ3n) is 7.75. The number of rotatable bonds is 2. The molecule has 4 aliphatic rings. The molecular weight excluding hydrogens is 656 g/mol. The van der Waals surface area contributed by atoms with Crippen LogP contribution in [0.25, 0.3) is 0 Å². The number of para-hydroxylation sites is 1. The van der Waals surface area contributed by atoms with E-state index in [4.69, 9.17) is 0 Å². The number of benzene rings is 2. The first-order chi connectivity index (χ1) is 17.7. The number of hydrogen-bond acceptors (Lipinski definition) is 5. The van der Waals surface area contributed by atoms with Crippen molar-refractivity contribution < 1.29 is 28.7 Å². The summed E-state index contributed by atoms with van der Waals surface area (Å²) in [6.07, 6.45) is 3.39. The maximum atomic E-state index is 14.5. The molecule has 9 heteroatoms. The Morgan fingerprint density at radius 2 is 1.73 bits per heavy atom. The Hall–Kier alpha value is -2.92. The molecule has 1 N–H and O–H groups in total. The summed E-state index contributed by atoms with van der Waals surface area (Å²) < 4.78 is 15.5. The molecule has 37 heavy (non-hydrogen) atoms. The van der Waals surface area contributed by atoms with Crippen molar-refractivity contribution in [1.82, 2.24) is 0 Å².